The molecule has 1 fully saturated rings. The third-order valence-corrected chi connectivity index (χ3v) is 4.84. The van der Waals surface area contributed by atoms with Crippen LogP contribution in [0.3, 0.4) is 0 Å². The van der Waals surface area contributed by atoms with Crippen LogP contribution in [0, 0.1) is 11.7 Å². The second-order valence-corrected chi connectivity index (χ2v) is 7.99. The molecule has 21 heavy (non-hydrogen) atoms. The Balaban J connectivity index is 1.99. The molecular formula is C15H22FNO3S. The SMILES string of the molecule is COc1cc(CN2CCCC(CS(C)(=O)=O)C2)ccc1F. The van der Waals surface area contributed by atoms with Crippen molar-refractivity contribution >= 4 is 9.84 Å². The molecule has 0 aliphatic carbocycles. The van der Waals surface area contributed by atoms with Gasteiger partial charge >= 0.3 is 0 Å². The molecule has 1 aliphatic heterocycles. The maximum atomic E-state index is 13.4. The van der Waals surface area contributed by atoms with Crippen LogP contribution >= 0.6 is 0 Å². The first-order chi connectivity index (χ1) is 9.87. The summed E-state index contributed by atoms with van der Waals surface area (Å²) in [4.78, 5) is 2.23. The average Bonchev–Trinajstić information content (AvgIpc) is 2.39. The summed E-state index contributed by atoms with van der Waals surface area (Å²) in [6, 6.07) is 4.86. The predicted octanol–water partition coefficient (Wildman–Crippen LogP) is 2.09. The van der Waals surface area contributed by atoms with E-state index >= 15 is 0 Å². The summed E-state index contributed by atoms with van der Waals surface area (Å²) >= 11 is 0. The molecule has 6 heteroatoms. The molecule has 1 saturated heterocycles. The van der Waals surface area contributed by atoms with Crippen LogP contribution in [0.4, 0.5) is 4.39 Å². The van der Waals surface area contributed by atoms with Crippen molar-refractivity contribution in [3.05, 3.63) is 29.6 Å². The molecule has 1 heterocycles. The van der Waals surface area contributed by atoms with Crippen LogP contribution in [0.15, 0.2) is 18.2 Å². The van der Waals surface area contributed by atoms with Crippen molar-refractivity contribution in [3.63, 3.8) is 0 Å². The van der Waals surface area contributed by atoms with Gasteiger partial charge in [0.2, 0.25) is 0 Å². The fourth-order valence-electron chi connectivity index (χ4n) is 2.92. The quantitative estimate of drug-likeness (QED) is 0.835. The van der Waals surface area contributed by atoms with Crippen molar-refractivity contribution in [1.29, 1.82) is 0 Å². The second kappa shape index (κ2) is 6.75. The van der Waals surface area contributed by atoms with E-state index in [-0.39, 0.29) is 23.2 Å². The Kier molecular flexibility index (Phi) is 5.22. The summed E-state index contributed by atoms with van der Waals surface area (Å²) in [7, 11) is -1.48. The number of sulfone groups is 1. The van der Waals surface area contributed by atoms with Gasteiger partial charge in [-0.2, -0.15) is 0 Å². The van der Waals surface area contributed by atoms with Crippen LogP contribution in [0.25, 0.3) is 0 Å². The molecule has 0 amide bonds. The lowest BCUT2D eigenvalue weighted by molar-refractivity contribution is 0.177. The number of piperidine rings is 1. The van der Waals surface area contributed by atoms with Crippen molar-refractivity contribution in [2.75, 3.05) is 32.2 Å². The largest absolute Gasteiger partial charge is 0.494 e. The number of likely N-dealkylation sites (tertiary alicyclic amines) is 1. The first-order valence-corrected chi connectivity index (χ1v) is 9.16. The summed E-state index contributed by atoms with van der Waals surface area (Å²) < 4.78 is 41.2. The minimum atomic E-state index is -2.93. The van der Waals surface area contributed by atoms with E-state index < -0.39 is 9.84 Å². The van der Waals surface area contributed by atoms with Gasteiger partial charge in [0, 0.05) is 19.3 Å². The highest BCUT2D eigenvalue weighted by molar-refractivity contribution is 7.90. The Morgan fingerprint density at radius 3 is 2.86 bits per heavy atom. The topological polar surface area (TPSA) is 46.6 Å². The lowest BCUT2D eigenvalue weighted by Gasteiger charge is -2.32. The fourth-order valence-corrected chi connectivity index (χ4v) is 4.05. The number of benzene rings is 1. The second-order valence-electron chi connectivity index (χ2n) is 5.80. The number of ether oxygens (including phenoxy) is 1. The lowest BCUT2D eigenvalue weighted by Crippen LogP contribution is -2.37. The van der Waals surface area contributed by atoms with E-state index in [0.717, 1.165) is 31.5 Å². The maximum Gasteiger partial charge on any atom is 0.165 e. The Labute approximate surface area is 125 Å². The summed E-state index contributed by atoms with van der Waals surface area (Å²) in [5.41, 5.74) is 0.980. The minimum Gasteiger partial charge on any atom is -0.494 e. The van der Waals surface area contributed by atoms with Gasteiger partial charge in [-0.1, -0.05) is 6.07 Å². The molecule has 0 radical (unpaired) electrons. The lowest BCUT2D eigenvalue weighted by atomic mass is 9.99. The summed E-state index contributed by atoms with van der Waals surface area (Å²) in [5, 5.41) is 0. The third-order valence-electron chi connectivity index (χ3n) is 3.76. The first kappa shape index (κ1) is 16.2. The molecule has 0 bridgehead atoms. The minimum absolute atomic E-state index is 0.191. The zero-order valence-corrected chi connectivity index (χ0v) is 13.3. The van der Waals surface area contributed by atoms with E-state index in [1.807, 2.05) is 0 Å². The van der Waals surface area contributed by atoms with Crippen molar-refractivity contribution in [3.8, 4) is 5.75 Å². The standard InChI is InChI=1S/C15H22FNO3S/c1-20-15-8-12(5-6-14(15)16)9-17-7-3-4-13(10-17)11-21(2,18)19/h5-6,8,13H,3-4,7,9-11H2,1-2H3. The third kappa shape index (κ3) is 4.97. The number of nitrogens with zero attached hydrogens (tertiary/aromatic N) is 1. The summed E-state index contributed by atoms with van der Waals surface area (Å²) in [6.07, 6.45) is 3.24. The van der Waals surface area contributed by atoms with Gasteiger partial charge in [-0.3, -0.25) is 4.90 Å². The monoisotopic (exact) mass is 315 g/mol. The van der Waals surface area contributed by atoms with Crippen LogP contribution in [-0.2, 0) is 16.4 Å². The molecule has 1 aromatic rings. The average molecular weight is 315 g/mol. The van der Waals surface area contributed by atoms with Crippen molar-refractivity contribution in [2.45, 2.75) is 19.4 Å². The molecule has 0 spiro atoms. The van der Waals surface area contributed by atoms with Crippen LogP contribution in [-0.4, -0.2) is 45.5 Å². The molecule has 0 saturated carbocycles. The van der Waals surface area contributed by atoms with Gasteiger partial charge in [-0.05, 0) is 43.0 Å². The van der Waals surface area contributed by atoms with Crippen molar-refractivity contribution in [2.24, 2.45) is 5.92 Å². The molecule has 0 N–H and O–H groups in total. The normalized spacial score (nSPS) is 20.4. The van der Waals surface area contributed by atoms with Gasteiger partial charge in [0.25, 0.3) is 0 Å². The van der Waals surface area contributed by atoms with Gasteiger partial charge in [-0.15, -0.1) is 0 Å². The van der Waals surface area contributed by atoms with Crippen LogP contribution in [0.5, 0.6) is 5.75 Å². The van der Waals surface area contributed by atoms with Gasteiger partial charge in [-0.25, -0.2) is 12.8 Å². The zero-order valence-electron chi connectivity index (χ0n) is 12.5. The Hall–Kier alpha value is -1.14. The molecule has 1 atom stereocenters. The number of hydrogen-bond donors (Lipinski definition) is 0. The highest BCUT2D eigenvalue weighted by Gasteiger charge is 2.23. The number of rotatable bonds is 5. The van der Waals surface area contributed by atoms with Gasteiger partial charge < -0.3 is 4.74 Å². The highest BCUT2D eigenvalue weighted by atomic mass is 32.2. The Bertz CT molecular complexity index is 589. The van der Waals surface area contributed by atoms with E-state index in [4.69, 9.17) is 4.74 Å². The van der Waals surface area contributed by atoms with Crippen LogP contribution in [0.1, 0.15) is 18.4 Å². The molecule has 1 unspecified atom stereocenters. The van der Waals surface area contributed by atoms with E-state index in [1.54, 1.807) is 12.1 Å². The molecule has 2 rings (SSSR count). The summed E-state index contributed by atoms with van der Waals surface area (Å²) in [5.74, 6) is 0.319. The molecule has 1 aromatic carbocycles. The van der Waals surface area contributed by atoms with Crippen molar-refractivity contribution < 1.29 is 17.5 Å². The van der Waals surface area contributed by atoms with E-state index in [2.05, 4.69) is 4.90 Å². The Morgan fingerprint density at radius 1 is 1.43 bits per heavy atom. The van der Waals surface area contributed by atoms with Crippen LogP contribution < -0.4 is 4.74 Å². The molecule has 4 nitrogen and oxygen atoms in total. The first-order valence-electron chi connectivity index (χ1n) is 7.10. The molecule has 0 aromatic heterocycles. The van der Waals surface area contributed by atoms with Crippen LogP contribution in [0.2, 0.25) is 0 Å². The molecule has 1 aliphatic rings. The van der Waals surface area contributed by atoms with Crippen molar-refractivity contribution in [1.82, 2.24) is 4.90 Å². The van der Waals surface area contributed by atoms with E-state index in [9.17, 15) is 12.8 Å². The molecule has 118 valence electrons. The van der Waals surface area contributed by atoms with Gasteiger partial charge in [0.05, 0.1) is 12.9 Å². The highest BCUT2D eigenvalue weighted by Crippen LogP contribution is 2.23. The zero-order chi connectivity index (χ0) is 15.5. The number of halogens is 1. The molecular weight excluding hydrogens is 293 g/mol. The number of hydrogen-bond acceptors (Lipinski definition) is 4. The van der Waals surface area contributed by atoms with Gasteiger partial charge in [0.1, 0.15) is 9.84 Å². The number of methoxy groups -OCH3 is 1. The summed E-state index contributed by atoms with van der Waals surface area (Å²) in [6.45, 7) is 2.41. The van der Waals surface area contributed by atoms with E-state index in [0.29, 0.717) is 6.54 Å². The maximum absolute atomic E-state index is 13.4. The fraction of sp³-hybridized carbons (Fsp3) is 0.600. The van der Waals surface area contributed by atoms with E-state index in [1.165, 1.54) is 19.4 Å². The predicted molar refractivity (Wildman–Crippen MR) is 80.7 cm³/mol. The van der Waals surface area contributed by atoms with Gasteiger partial charge in [0.15, 0.2) is 11.6 Å². The smallest absolute Gasteiger partial charge is 0.165 e. The Morgan fingerprint density at radius 2 is 2.19 bits per heavy atom.